The third kappa shape index (κ3) is 5.76. The molecular weight excluding hydrogens is 392 g/mol. The number of aromatic nitrogens is 2. The molecule has 164 valence electrons. The predicted molar refractivity (Wildman–Crippen MR) is 118 cm³/mol. The Morgan fingerprint density at radius 2 is 2.16 bits per heavy atom. The van der Waals surface area contributed by atoms with Gasteiger partial charge in [-0.1, -0.05) is 12.1 Å². The van der Waals surface area contributed by atoms with Gasteiger partial charge < -0.3 is 14.1 Å². The largest absolute Gasteiger partial charge is 0.493 e. The summed E-state index contributed by atoms with van der Waals surface area (Å²) in [5.74, 6) is 1.25. The number of carbonyl (C=O) groups excluding carboxylic acids is 1. The van der Waals surface area contributed by atoms with Gasteiger partial charge in [-0.3, -0.25) is 14.4 Å². The average Bonchev–Trinajstić information content (AvgIpc) is 3.44. The molecule has 0 unspecified atom stereocenters. The van der Waals surface area contributed by atoms with Crippen LogP contribution >= 0.6 is 0 Å². The fraction of sp³-hybridized carbons (Fsp3) is 0.417. The van der Waals surface area contributed by atoms with E-state index in [-0.39, 0.29) is 5.91 Å². The number of piperidine rings is 1. The van der Waals surface area contributed by atoms with Gasteiger partial charge in [0, 0.05) is 50.9 Å². The highest BCUT2D eigenvalue weighted by Crippen LogP contribution is 2.22. The highest BCUT2D eigenvalue weighted by Gasteiger charge is 2.25. The number of hydrogen-bond donors (Lipinski definition) is 0. The Morgan fingerprint density at radius 3 is 2.94 bits per heavy atom. The summed E-state index contributed by atoms with van der Waals surface area (Å²) in [5.41, 5.74) is 3.03. The number of hydrogen-bond acceptors (Lipinski definition) is 5. The van der Waals surface area contributed by atoms with Crippen molar-refractivity contribution in [2.75, 3.05) is 26.7 Å². The lowest BCUT2D eigenvalue weighted by Crippen LogP contribution is -2.41. The van der Waals surface area contributed by atoms with E-state index >= 15 is 0 Å². The predicted octanol–water partition coefficient (Wildman–Crippen LogP) is 3.58. The summed E-state index contributed by atoms with van der Waals surface area (Å²) in [7, 11) is 4.04. The minimum atomic E-state index is 0.0390. The molecule has 1 aliphatic heterocycles. The van der Waals surface area contributed by atoms with Gasteiger partial charge in [-0.15, -0.1) is 0 Å². The van der Waals surface area contributed by atoms with Crippen molar-refractivity contribution in [3.63, 3.8) is 0 Å². The van der Waals surface area contributed by atoms with Gasteiger partial charge >= 0.3 is 0 Å². The van der Waals surface area contributed by atoms with E-state index in [1.54, 1.807) is 12.3 Å². The van der Waals surface area contributed by atoms with Crippen LogP contribution in [0.2, 0.25) is 0 Å². The molecule has 0 aliphatic carbocycles. The van der Waals surface area contributed by atoms with Crippen LogP contribution in [0.15, 0.2) is 59.7 Å². The summed E-state index contributed by atoms with van der Waals surface area (Å²) in [6, 6.07) is 9.99. The molecule has 0 spiro atoms. The molecule has 2 aromatic heterocycles. The van der Waals surface area contributed by atoms with Crippen molar-refractivity contribution in [1.82, 2.24) is 19.6 Å². The maximum Gasteiger partial charge on any atom is 0.257 e. The summed E-state index contributed by atoms with van der Waals surface area (Å²) < 4.78 is 13.0. The van der Waals surface area contributed by atoms with Crippen LogP contribution < -0.4 is 4.74 Å². The van der Waals surface area contributed by atoms with E-state index in [4.69, 9.17) is 9.15 Å². The molecule has 0 N–H and O–H groups in total. The molecule has 4 rings (SSSR count). The normalized spacial score (nSPS) is 16.6. The van der Waals surface area contributed by atoms with Crippen molar-refractivity contribution < 1.29 is 13.9 Å². The maximum atomic E-state index is 12.6. The smallest absolute Gasteiger partial charge is 0.257 e. The molecule has 1 fully saturated rings. The first-order valence-electron chi connectivity index (χ1n) is 10.8. The van der Waals surface area contributed by atoms with E-state index in [2.05, 4.69) is 29.2 Å². The lowest BCUT2D eigenvalue weighted by molar-refractivity contribution is 0.0632. The van der Waals surface area contributed by atoms with Crippen molar-refractivity contribution in [2.24, 2.45) is 13.0 Å². The fourth-order valence-corrected chi connectivity index (χ4v) is 4.13. The van der Waals surface area contributed by atoms with Gasteiger partial charge in [0.2, 0.25) is 0 Å². The molecule has 1 saturated heterocycles. The van der Waals surface area contributed by atoms with E-state index in [1.807, 2.05) is 41.2 Å². The molecule has 3 aromatic rings. The monoisotopic (exact) mass is 422 g/mol. The summed E-state index contributed by atoms with van der Waals surface area (Å²) >= 11 is 0. The van der Waals surface area contributed by atoms with Crippen LogP contribution in [-0.4, -0.2) is 52.2 Å². The molecule has 1 amide bonds. The van der Waals surface area contributed by atoms with Crippen LogP contribution in [0.1, 0.15) is 34.3 Å². The number of ether oxygens (including phenoxy) is 1. The minimum Gasteiger partial charge on any atom is -0.493 e. The molecule has 1 atom stereocenters. The molecule has 31 heavy (non-hydrogen) atoms. The zero-order chi connectivity index (χ0) is 21.6. The third-order valence-corrected chi connectivity index (χ3v) is 5.62. The van der Waals surface area contributed by atoms with Crippen molar-refractivity contribution in [2.45, 2.75) is 25.9 Å². The van der Waals surface area contributed by atoms with Crippen molar-refractivity contribution in [3.05, 3.63) is 71.9 Å². The maximum absolute atomic E-state index is 12.6. The van der Waals surface area contributed by atoms with Crippen LogP contribution in [0.25, 0.3) is 0 Å². The topological polar surface area (TPSA) is 63.7 Å². The second-order valence-electron chi connectivity index (χ2n) is 8.42. The molecule has 0 bridgehead atoms. The Morgan fingerprint density at radius 1 is 1.29 bits per heavy atom. The number of benzene rings is 1. The van der Waals surface area contributed by atoms with E-state index < -0.39 is 0 Å². The second kappa shape index (κ2) is 9.83. The number of amides is 1. The number of aryl methyl sites for hydroxylation is 1. The molecule has 1 aliphatic rings. The first-order valence-corrected chi connectivity index (χ1v) is 10.8. The van der Waals surface area contributed by atoms with Crippen LogP contribution in [0, 0.1) is 5.92 Å². The van der Waals surface area contributed by atoms with E-state index in [9.17, 15) is 4.79 Å². The fourth-order valence-electron chi connectivity index (χ4n) is 4.13. The zero-order valence-corrected chi connectivity index (χ0v) is 18.2. The second-order valence-corrected chi connectivity index (χ2v) is 8.42. The molecule has 1 aromatic carbocycles. The Hall–Kier alpha value is -3.06. The highest BCUT2D eigenvalue weighted by atomic mass is 16.5. The van der Waals surface area contributed by atoms with Crippen LogP contribution in [0.4, 0.5) is 0 Å². The summed E-state index contributed by atoms with van der Waals surface area (Å²) in [4.78, 5) is 16.7. The Labute approximate surface area is 183 Å². The molecule has 0 radical (unpaired) electrons. The number of likely N-dealkylation sites (tertiary alicyclic amines) is 1. The van der Waals surface area contributed by atoms with Gasteiger partial charge in [0.25, 0.3) is 5.91 Å². The quantitative estimate of drug-likeness (QED) is 0.555. The summed E-state index contributed by atoms with van der Waals surface area (Å²) in [6.45, 7) is 3.81. The van der Waals surface area contributed by atoms with Crippen molar-refractivity contribution >= 4 is 5.91 Å². The summed E-state index contributed by atoms with van der Waals surface area (Å²) in [6.07, 6.45) is 9.07. The van der Waals surface area contributed by atoms with E-state index in [0.29, 0.717) is 18.1 Å². The molecule has 7 nitrogen and oxygen atoms in total. The van der Waals surface area contributed by atoms with Gasteiger partial charge in [-0.25, -0.2) is 0 Å². The van der Waals surface area contributed by atoms with Crippen LogP contribution in [-0.2, 0) is 20.1 Å². The van der Waals surface area contributed by atoms with Gasteiger partial charge in [-0.05, 0) is 43.7 Å². The highest BCUT2D eigenvalue weighted by molar-refractivity contribution is 5.93. The van der Waals surface area contributed by atoms with E-state index in [1.165, 1.54) is 17.4 Å². The molecule has 3 heterocycles. The lowest BCUT2D eigenvalue weighted by Gasteiger charge is -2.32. The van der Waals surface area contributed by atoms with Crippen molar-refractivity contribution in [1.29, 1.82) is 0 Å². The average molecular weight is 423 g/mol. The lowest BCUT2D eigenvalue weighted by atomic mass is 9.98. The first-order chi connectivity index (χ1) is 15.1. The third-order valence-electron chi connectivity index (χ3n) is 5.62. The standard InChI is InChI=1S/C24H30N4O3/c1-26(14-21-12-25-27(2)15-21)13-19-5-3-7-23(11-19)31-17-20-6-4-9-28(16-20)24(29)22-8-10-30-18-22/h3,5,7-8,10-12,15,18,20H,4,6,9,13-14,16-17H2,1-2H3/t20-/m0/s1. The Kier molecular flexibility index (Phi) is 6.72. The molecular formula is C24H30N4O3. The molecule has 7 heteroatoms. The minimum absolute atomic E-state index is 0.0390. The van der Waals surface area contributed by atoms with Gasteiger partial charge in [-0.2, -0.15) is 5.10 Å². The Bertz CT molecular complexity index is 982. The summed E-state index contributed by atoms with van der Waals surface area (Å²) in [5, 5.41) is 4.23. The van der Waals surface area contributed by atoms with Gasteiger partial charge in [0.15, 0.2) is 0 Å². The zero-order valence-electron chi connectivity index (χ0n) is 18.2. The van der Waals surface area contributed by atoms with Crippen molar-refractivity contribution in [3.8, 4) is 5.75 Å². The number of rotatable bonds is 8. The first kappa shape index (κ1) is 21.2. The van der Waals surface area contributed by atoms with Gasteiger partial charge in [0.05, 0.1) is 24.6 Å². The van der Waals surface area contributed by atoms with Gasteiger partial charge in [0.1, 0.15) is 12.0 Å². The number of carbonyl (C=O) groups is 1. The van der Waals surface area contributed by atoms with Crippen LogP contribution in [0.5, 0.6) is 5.75 Å². The Balaban J connectivity index is 1.28. The SMILES string of the molecule is CN(Cc1cccc(OC[C@H]2CCCN(C(=O)c3ccoc3)C2)c1)Cc1cnn(C)c1. The number of furan rings is 1. The number of nitrogens with zero attached hydrogens (tertiary/aromatic N) is 4. The van der Waals surface area contributed by atoms with Crippen LogP contribution in [0.3, 0.4) is 0 Å². The molecule has 0 saturated carbocycles. The van der Waals surface area contributed by atoms with E-state index in [0.717, 1.165) is 44.8 Å².